The second-order valence-corrected chi connectivity index (χ2v) is 1.95. The topological polar surface area (TPSA) is 40.1 Å². The summed E-state index contributed by atoms with van der Waals surface area (Å²) in [5.74, 6) is 0. The van der Waals surface area contributed by atoms with Crippen LogP contribution in [0.4, 0.5) is 0 Å². The fraction of sp³-hybridized carbons (Fsp3) is 1.00. The molecular formula is C6H13O2. The van der Waals surface area contributed by atoms with E-state index in [2.05, 4.69) is 6.92 Å². The lowest BCUT2D eigenvalue weighted by Crippen LogP contribution is -2.00. The van der Waals surface area contributed by atoms with Crippen LogP contribution in [0, 0.1) is 0 Å². The lowest BCUT2D eigenvalue weighted by Gasteiger charge is -1.96. The molecule has 1 radical (unpaired) electrons. The van der Waals surface area contributed by atoms with Gasteiger partial charge in [0, 0.05) is 6.42 Å². The van der Waals surface area contributed by atoms with E-state index in [4.69, 9.17) is 5.11 Å². The maximum Gasteiger partial charge on any atom is 0.188 e. The van der Waals surface area contributed by atoms with Gasteiger partial charge in [-0.15, -0.1) is 0 Å². The molecule has 0 heterocycles. The Hall–Kier alpha value is -0.0800. The molecule has 0 aliphatic rings. The van der Waals surface area contributed by atoms with E-state index in [9.17, 15) is 5.11 Å². The number of aliphatic hydroxyl groups excluding tert-OH is 1. The van der Waals surface area contributed by atoms with Crippen LogP contribution in [-0.4, -0.2) is 11.4 Å². The predicted octanol–water partition coefficient (Wildman–Crippen LogP) is 1.32. The van der Waals surface area contributed by atoms with Gasteiger partial charge in [-0.25, -0.2) is 5.11 Å². The molecule has 0 bridgehead atoms. The molecule has 0 aromatic rings. The summed E-state index contributed by atoms with van der Waals surface area (Å²) in [5, 5.41) is 18.2. The van der Waals surface area contributed by atoms with Crippen LogP contribution in [0.1, 0.15) is 32.6 Å². The van der Waals surface area contributed by atoms with Crippen molar-refractivity contribution in [3.05, 3.63) is 0 Å². The second-order valence-electron chi connectivity index (χ2n) is 1.95. The van der Waals surface area contributed by atoms with Gasteiger partial charge in [0.05, 0.1) is 0 Å². The first-order valence-electron chi connectivity index (χ1n) is 3.11. The van der Waals surface area contributed by atoms with Crippen molar-refractivity contribution in [3.63, 3.8) is 0 Å². The van der Waals surface area contributed by atoms with Gasteiger partial charge in [0.2, 0.25) is 0 Å². The van der Waals surface area contributed by atoms with E-state index in [0.717, 1.165) is 19.3 Å². The molecule has 1 unspecified atom stereocenters. The molecule has 0 saturated heterocycles. The summed E-state index contributed by atoms with van der Waals surface area (Å²) in [5.41, 5.74) is 0. The maximum atomic E-state index is 9.96. The highest BCUT2D eigenvalue weighted by Crippen LogP contribution is 2.00. The molecule has 0 saturated carbocycles. The van der Waals surface area contributed by atoms with Gasteiger partial charge in [0.25, 0.3) is 0 Å². The summed E-state index contributed by atoms with van der Waals surface area (Å²) in [7, 11) is 0. The van der Waals surface area contributed by atoms with E-state index in [0.29, 0.717) is 6.42 Å². The quantitative estimate of drug-likeness (QED) is 0.437. The third-order valence-electron chi connectivity index (χ3n) is 1.05. The van der Waals surface area contributed by atoms with Crippen molar-refractivity contribution in [2.45, 2.75) is 38.9 Å². The zero-order chi connectivity index (χ0) is 6.41. The molecule has 0 amide bonds. The van der Waals surface area contributed by atoms with Crippen molar-refractivity contribution < 1.29 is 10.2 Å². The molecule has 0 aromatic carbocycles. The first-order valence-corrected chi connectivity index (χ1v) is 3.11. The molecule has 2 nitrogen and oxygen atoms in total. The van der Waals surface area contributed by atoms with Gasteiger partial charge >= 0.3 is 0 Å². The molecule has 49 valence electrons. The summed E-state index contributed by atoms with van der Waals surface area (Å²) in [6.45, 7) is 2.07. The van der Waals surface area contributed by atoms with E-state index in [1.54, 1.807) is 0 Å². The smallest absolute Gasteiger partial charge is 0.188 e. The van der Waals surface area contributed by atoms with Gasteiger partial charge < -0.3 is 5.11 Å². The minimum absolute atomic E-state index is 0.411. The second kappa shape index (κ2) is 5.06. The summed E-state index contributed by atoms with van der Waals surface area (Å²) < 4.78 is 0. The molecule has 8 heavy (non-hydrogen) atoms. The number of unbranched alkanes of at least 4 members (excludes halogenated alkanes) is 2. The largest absolute Gasteiger partial charge is 0.366 e. The van der Waals surface area contributed by atoms with Crippen LogP contribution in [0.2, 0.25) is 0 Å². The SMILES string of the molecule is CCCCCC([O])O. The Morgan fingerprint density at radius 1 is 1.50 bits per heavy atom. The summed E-state index contributed by atoms with van der Waals surface area (Å²) in [4.78, 5) is 0. The fourth-order valence-electron chi connectivity index (χ4n) is 0.569. The van der Waals surface area contributed by atoms with Gasteiger partial charge in [0.15, 0.2) is 6.29 Å². The minimum atomic E-state index is -1.35. The predicted molar refractivity (Wildman–Crippen MR) is 30.8 cm³/mol. The first kappa shape index (κ1) is 7.92. The van der Waals surface area contributed by atoms with Gasteiger partial charge in [-0.2, -0.15) is 0 Å². The minimum Gasteiger partial charge on any atom is -0.366 e. The zero-order valence-electron chi connectivity index (χ0n) is 5.26. The third-order valence-corrected chi connectivity index (χ3v) is 1.05. The molecule has 0 rings (SSSR count). The molecule has 0 spiro atoms. The number of rotatable bonds is 4. The van der Waals surface area contributed by atoms with Crippen LogP contribution in [0.3, 0.4) is 0 Å². The summed E-state index contributed by atoms with van der Waals surface area (Å²) in [6.07, 6.45) is 2.09. The average Bonchev–Trinajstić information content (AvgIpc) is 1.66. The Labute approximate surface area is 50.2 Å². The highest BCUT2D eigenvalue weighted by atomic mass is 16.5. The third kappa shape index (κ3) is 5.92. The van der Waals surface area contributed by atoms with E-state index < -0.39 is 6.29 Å². The van der Waals surface area contributed by atoms with Gasteiger partial charge in [-0.3, -0.25) is 0 Å². The van der Waals surface area contributed by atoms with Crippen molar-refractivity contribution >= 4 is 0 Å². The number of hydrogen-bond donors (Lipinski definition) is 1. The van der Waals surface area contributed by atoms with Gasteiger partial charge in [0.1, 0.15) is 0 Å². The normalized spacial score (nSPS) is 10.5. The molecule has 2 heteroatoms. The monoisotopic (exact) mass is 117 g/mol. The Kier molecular flexibility index (Phi) is 5.01. The van der Waals surface area contributed by atoms with Crippen LogP contribution in [0.25, 0.3) is 0 Å². The molecule has 0 fully saturated rings. The summed E-state index contributed by atoms with van der Waals surface area (Å²) in [6, 6.07) is 0. The Morgan fingerprint density at radius 3 is 2.50 bits per heavy atom. The van der Waals surface area contributed by atoms with E-state index in [-0.39, 0.29) is 0 Å². The number of hydrogen-bond acceptors (Lipinski definition) is 1. The van der Waals surface area contributed by atoms with Crippen LogP contribution in [0.5, 0.6) is 0 Å². The Morgan fingerprint density at radius 2 is 2.12 bits per heavy atom. The summed E-state index contributed by atoms with van der Waals surface area (Å²) >= 11 is 0. The van der Waals surface area contributed by atoms with Gasteiger partial charge in [-0.05, 0) is 6.42 Å². The highest BCUT2D eigenvalue weighted by Gasteiger charge is 1.95. The number of aliphatic hydroxyl groups is 1. The van der Waals surface area contributed by atoms with E-state index >= 15 is 0 Å². The molecular weight excluding hydrogens is 104 g/mol. The Bertz CT molecular complexity index is 43.8. The molecule has 0 aliphatic carbocycles. The standard InChI is InChI=1S/C6H13O2/c1-2-3-4-5-6(7)8/h6-7H,2-5H2,1H3. The van der Waals surface area contributed by atoms with Crippen LogP contribution in [-0.2, 0) is 5.11 Å². The Balaban J connectivity index is 2.72. The van der Waals surface area contributed by atoms with E-state index in [1.807, 2.05) is 0 Å². The van der Waals surface area contributed by atoms with Crippen LogP contribution < -0.4 is 0 Å². The average molecular weight is 117 g/mol. The van der Waals surface area contributed by atoms with E-state index in [1.165, 1.54) is 0 Å². The molecule has 0 aromatic heterocycles. The molecule has 0 aliphatic heterocycles. The lowest BCUT2D eigenvalue weighted by atomic mass is 10.2. The molecule has 1 N–H and O–H groups in total. The fourth-order valence-corrected chi connectivity index (χ4v) is 0.569. The van der Waals surface area contributed by atoms with Crippen molar-refractivity contribution in [1.29, 1.82) is 0 Å². The van der Waals surface area contributed by atoms with Crippen molar-refractivity contribution in [2.75, 3.05) is 0 Å². The van der Waals surface area contributed by atoms with Crippen molar-refractivity contribution in [2.24, 2.45) is 0 Å². The van der Waals surface area contributed by atoms with Crippen LogP contribution >= 0.6 is 0 Å². The highest BCUT2D eigenvalue weighted by molar-refractivity contribution is 4.39. The van der Waals surface area contributed by atoms with Crippen molar-refractivity contribution in [3.8, 4) is 0 Å². The lowest BCUT2D eigenvalue weighted by molar-refractivity contribution is -0.0967. The van der Waals surface area contributed by atoms with Gasteiger partial charge in [-0.1, -0.05) is 19.8 Å². The van der Waals surface area contributed by atoms with Crippen molar-refractivity contribution in [1.82, 2.24) is 0 Å². The first-order chi connectivity index (χ1) is 3.77. The molecule has 1 atom stereocenters. The zero-order valence-corrected chi connectivity index (χ0v) is 5.26. The maximum absolute atomic E-state index is 9.96. The van der Waals surface area contributed by atoms with Crippen LogP contribution in [0.15, 0.2) is 0 Å².